The average molecular weight is 240 g/mol. The number of rotatable bonds is 5. The summed E-state index contributed by atoms with van der Waals surface area (Å²) in [6.07, 6.45) is 0.203. The minimum atomic E-state index is -0.522. The number of carbonyl (C=O) groups excluding carboxylic acids is 1. The second-order valence-corrected chi connectivity index (χ2v) is 4.55. The molecule has 1 amide bonds. The van der Waals surface area contributed by atoms with Crippen molar-refractivity contribution >= 4 is 5.91 Å². The SMILES string of the molecule is CC(C)(CON)NC(=O)Cc1ccc(F)cc1. The maximum absolute atomic E-state index is 12.7. The van der Waals surface area contributed by atoms with E-state index < -0.39 is 5.54 Å². The molecule has 0 aromatic heterocycles. The first-order chi connectivity index (χ1) is 7.93. The number of halogens is 1. The van der Waals surface area contributed by atoms with Gasteiger partial charge in [0.05, 0.1) is 18.6 Å². The van der Waals surface area contributed by atoms with Crippen molar-refractivity contribution in [3.05, 3.63) is 35.6 Å². The highest BCUT2D eigenvalue weighted by Gasteiger charge is 2.20. The third kappa shape index (κ3) is 4.93. The molecule has 1 aromatic rings. The maximum atomic E-state index is 12.7. The van der Waals surface area contributed by atoms with Crippen molar-refractivity contribution in [3.63, 3.8) is 0 Å². The van der Waals surface area contributed by atoms with Crippen LogP contribution in [0.4, 0.5) is 4.39 Å². The van der Waals surface area contributed by atoms with Crippen LogP contribution in [0, 0.1) is 5.82 Å². The fourth-order valence-corrected chi connectivity index (χ4v) is 1.45. The molecule has 0 aliphatic carbocycles. The molecule has 0 saturated heterocycles. The van der Waals surface area contributed by atoms with Crippen LogP contribution in [0.25, 0.3) is 0 Å². The molecule has 0 saturated carbocycles. The first-order valence-electron chi connectivity index (χ1n) is 5.30. The van der Waals surface area contributed by atoms with E-state index in [0.717, 1.165) is 5.56 Å². The summed E-state index contributed by atoms with van der Waals surface area (Å²) in [6, 6.07) is 5.83. The van der Waals surface area contributed by atoms with Gasteiger partial charge < -0.3 is 10.2 Å². The molecule has 0 radical (unpaired) electrons. The Bertz CT molecular complexity index is 377. The van der Waals surface area contributed by atoms with E-state index in [4.69, 9.17) is 5.90 Å². The Morgan fingerprint density at radius 1 is 1.41 bits per heavy atom. The molecule has 94 valence electrons. The second-order valence-electron chi connectivity index (χ2n) is 4.55. The number of nitrogens with one attached hydrogen (secondary N) is 1. The summed E-state index contributed by atoms with van der Waals surface area (Å²) in [5.74, 6) is 4.50. The van der Waals surface area contributed by atoms with Crippen LogP contribution in [0.5, 0.6) is 0 Å². The number of hydrogen-bond acceptors (Lipinski definition) is 3. The van der Waals surface area contributed by atoms with Gasteiger partial charge in [-0.25, -0.2) is 10.3 Å². The van der Waals surface area contributed by atoms with E-state index in [2.05, 4.69) is 10.2 Å². The summed E-state index contributed by atoms with van der Waals surface area (Å²) >= 11 is 0. The summed E-state index contributed by atoms with van der Waals surface area (Å²) in [5, 5.41) is 2.78. The van der Waals surface area contributed by atoms with Crippen LogP contribution in [0.15, 0.2) is 24.3 Å². The van der Waals surface area contributed by atoms with Crippen molar-refractivity contribution in [3.8, 4) is 0 Å². The Morgan fingerprint density at radius 2 is 2.00 bits per heavy atom. The van der Waals surface area contributed by atoms with Gasteiger partial charge in [0.25, 0.3) is 0 Å². The number of carbonyl (C=O) groups is 1. The first-order valence-corrected chi connectivity index (χ1v) is 5.30. The molecule has 1 rings (SSSR count). The lowest BCUT2D eigenvalue weighted by atomic mass is 10.1. The predicted octanol–water partition coefficient (Wildman–Crippen LogP) is 1.15. The van der Waals surface area contributed by atoms with Crippen LogP contribution in [-0.2, 0) is 16.1 Å². The van der Waals surface area contributed by atoms with E-state index in [1.54, 1.807) is 12.1 Å². The van der Waals surface area contributed by atoms with E-state index in [0.29, 0.717) is 0 Å². The van der Waals surface area contributed by atoms with Crippen molar-refractivity contribution in [1.82, 2.24) is 5.32 Å². The normalized spacial score (nSPS) is 11.3. The number of benzene rings is 1. The van der Waals surface area contributed by atoms with Gasteiger partial charge in [0.2, 0.25) is 5.91 Å². The lowest BCUT2D eigenvalue weighted by Crippen LogP contribution is -2.48. The van der Waals surface area contributed by atoms with Crippen LogP contribution < -0.4 is 11.2 Å². The number of amides is 1. The van der Waals surface area contributed by atoms with Gasteiger partial charge in [0.15, 0.2) is 0 Å². The summed E-state index contributed by atoms with van der Waals surface area (Å²) in [6.45, 7) is 3.84. The van der Waals surface area contributed by atoms with E-state index in [9.17, 15) is 9.18 Å². The Labute approximate surface area is 99.9 Å². The number of hydrogen-bond donors (Lipinski definition) is 2. The minimum absolute atomic E-state index is 0.154. The van der Waals surface area contributed by atoms with Gasteiger partial charge in [0, 0.05) is 0 Å². The van der Waals surface area contributed by atoms with Crippen LogP contribution >= 0.6 is 0 Å². The van der Waals surface area contributed by atoms with Crippen molar-refractivity contribution in [2.24, 2.45) is 5.90 Å². The third-order valence-corrected chi connectivity index (χ3v) is 2.20. The second kappa shape index (κ2) is 5.75. The highest BCUT2D eigenvalue weighted by atomic mass is 19.1. The van der Waals surface area contributed by atoms with Crippen LogP contribution in [0.1, 0.15) is 19.4 Å². The summed E-state index contributed by atoms with van der Waals surface area (Å²) < 4.78 is 12.7. The molecule has 17 heavy (non-hydrogen) atoms. The van der Waals surface area contributed by atoms with Crippen molar-refractivity contribution < 1.29 is 14.0 Å². The van der Waals surface area contributed by atoms with Crippen LogP contribution in [-0.4, -0.2) is 18.1 Å². The summed E-state index contributed by atoms with van der Waals surface area (Å²) in [7, 11) is 0. The molecule has 0 atom stereocenters. The molecular formula is C12H17FN2O2. The largest absolute Gasteiger partial charge is 0.349 e. The fourth-order valence-electron chi connectivity index (χ4n) is 1.45. The predicted molar refractivity (Wildman–Crippen MR) is 62.5 cm³/mol. The minimum Gasteiger partial charge on any atom is -0.349 e. The molecule has 4 nitrogen and oxygen atoms in total. The third-order valence-electron chi connectivity index (χ3n) is 2.20. The molecule has 0 bridgehead atoms. The molecular weight excluding hydrogens is 223 g/mol. The van der Waals surface area contributed by atoms with Gasteiger partial charge >= 0.3 is 0 Å². The highest BCUT2D eigenvalue weighted by Crippen LogP contribution is 2.06. The van der Waals surface area contributed by atoms with Gasteiger partial charge in [-0.2, -0.15) is 0 Å². The van der Waals surface area contributed by atoms with E-state index in [-0.39, 0.29) is 24.8 Å². The van der Waals surface area contributed by atoms with E-state index in [1.165, 1.54) is 12.1 Å². The lowest BCUT2D eigenvalue weighted by Gasteiger charge is -2.24. The van der Waals surface area contributed by atoms with Gasteiger partial charge in [0.1, 0.15) is 5.82 Å². The molecule has 5 heteroatoms. The smallest absolute Gasteiger partial charge is 0.224 e. The zero-order chi connectivity index (χ0) is 12.9. The molecule has 3 N–H and O–H groups in total. The number of nitrogens with two attached hydrogens (primary N) is 1. The van der Waals surface area contributed by atoms with Gasteiger partial charge in [-0.1, -0.05) is 12.1 Å². The van der Waals surface area contributed by atoms with Crippen LogP contribution in [0.2, 0.25) is 0 Å². The first kappa shape index (κ1) is 13.6. The Morgan fingerprint density at radius 3 is 2.53 bits per heavy atom. The quantitative estimate of drug-likeness (QED) is 0.759. The molecule has 0 spiro atoms. The fraction of sp³-hybridized carbons (Fsp3) is 0.417. The van der Waals surface area contributed by atoms with Crippen molar-refractivity contribution in [2.75, 3.05) is 6.61 Å². The molecule has 0 fully saturated rings. The topological polar surface area (TPSA) is 64.3 Å². The monoisotopic (exact) mass is 240 g/mol. The standard InChI is InChI=1S/C12H17FN2O2/c1-12(2,8-17-14)15-11(16)7-9-3-5-10(13)6-4-9/h3-6H,7-8,14H2,1-2H3,(H,15,16). The average Bonchev–Trinajstić information content (AvgIpc) is 2.20. The molecule has 0 unspecified atom stereocenters. The van der Waals surface area contributed by atoms with Crippen molar-refractivity contribution in [1.29, 1.82) is 0 Å². The van der Waals surface area contributed by atoms with Crippen LogP contribution in [0.3, 0.4) is 0 Å². The van der Waals surface area contributed by atoms with Gasteiger partial charge in [-0.15, -0.1) is 0 Å². The Hall–Kier alpha value is -1.46. The molecule has 1 aromatic carbocycles. The van der Waals surface area contributed by atoms with E-state index in [1.807, 2.05) is 13.8 Å². The molecule has 0 heterocycles. The highest BCUT2D eigenvalue weighted by molar-refractivity contribution is 5.79. The summed E-state index contributed by atoms with van der Waals surface area (Å²) in [5.41, 5.74) is 0.236. The van der Waals surface area contributed by atoms with Crippen molar-refractivity contribution in [2.45, 2.75) is 25.8 Å². The zero-order valence-electron chi connectivity index (χ0n) is 10.00. The summed E-state index contributed by atoms with van der Waals surface area (Å²) in [4.78, 5) is 16.2. The zero-order valence-corrected chi connectivity index (χ0v) is 10.00. The van der Waals surface area contributed by atoms with E-state index >= 15 is 0 Å². The Balaban J connectivity index is 2.52. The van der Waals surface area contributed by atoms with Gasteiger partial charge in [-0.05, 0) is 31.5 Å². The lowest BCUT2D eigenvalue weighted by molar-refractivity contribution is -0.122. The maximum Gasteiger partial charge on any atom is 0.224 e. The molecule has 0 aliphatic rings. The molecule has 0 aliphatic heterocycles. The van der Waals surface area contributed by atoms with Gasteiger partial charge in [-0.3, -0.25) is 4.79 Å². The Kier molecular flexibility index (Phi) is 4.60.